The Hall–Kier alpha value is -5.14. The smallest absolute Gasteiger partial charge is 0.408 e. The number of carboxylic acid groups (broad SMARTS) is 1. The zero-order valence-electron chi connectivity index (χ0n) is 30.6. The highest BCUT2D eigenvalue weighted by molar-refractivity contribution is 6.30. The van der Waals surface area contributed by atoms with Crippen molar-refractivity contribution in [3.63, 3.8) is 0 Å². The molecule has 272 valence electrons. The molecule has 0 spiro atoms. The van der Waals surface area contributed by atoms with Gasteiger partial charge in [0.25, 0.3) is 11.8 Å². The van der Waals surface area contributed by atoms with E-state index in [4.69, 9.17) is 16.6 Å². The minimum Gasteiger partial charge on any atom is -0.465 e. The Kier molecular flexibility index (Phi) is 11.8. The third kappa shape index (κ3) is 8.65. The minimum absolute atomic E-state index is 0.0369. The first-order chi connectivity index (χ1) is 24.7. The molecular formula is C41H47ClN6O4. The van der Waals surface area contributed by atoms with Crippen LogP contribution in [0.2, 0.25) is 5.02 Å². The molecule has 0 saturated carbocycles. The number of carbonyl (C=O) groups excluding carboxylic acids is 2. The van der Waals surface area contributed by atoms with Gasteiger partial charge in [-0.05, 0) is 85.0 Å². The monoisotopic (exact) mass is 722 g/mol. The van der Waals surface area contributed by atoms with Gasteiger partial charge in [-0.3, -0.25) is 19.8 Å². The zero-order chi connectivity index (χ0) is 37.7. The summed E-state index contributed by atoms with van der Waals surface area (Å²) in [6.07, 6.45) is 2.52. The number of nitrogens with one attached hydrogen (secondary N) is 1. The summed E-state index contributed by atoms with van der Waals surface area (Å²) in [7, 11) is 0. The van der Waals surface area contributed by atoms with E-state index in [1.165, 1.54) is 4.90 Å². The van der Waals surface area contributed by atoms with Crippen molar-refractivity contribution in [3.8, 4) is 6.07 Å². The van der Waals surface area contributed by atoms with Gasteiger partial charge in [-0.15, -0.1) is 0 Å². The van der Waals surface area contributed by atoms with Crippen LogP contribution in [0.3, 0.4) is 0 Å². The summed E-state index contributed by atoms with van der Waals surface area (Å²) in [4.78, 5) is 48.3. The average Bonchev–Trinajstić information content (AvgIpc) is 3.47. The summed E-state index contributed by atoms with van der Waals surface area (Å²) in [5.41, 5.74) is 3.26. The maximum Gasteiger partial charge on any atom is 0.408 e. The number of hydrogen-bond donors (Lipinski definition) is 2. The maximum absolute atomic E-state index is 13.6. The molecule has 2 N–H and O–H groups in total. The van der Waals surface area contributed by atoms with Crippen LogP contribution in [0.25, 0.3) is 11.0 Å². The number of anilines is 1. The number of nitriles is 1. The molecule has 4 aromatic rings. The van der Waals surface area contributed by atoms with Crippen molar-refractivity contribution in [1.29, 1.82) is 5.26 Å². The lowest BCUT2D eigenvalue weighted by Crippen LogP contribution is -2.47. The first-order valence-electron chi connectivity index (χ1n) is 17.7. The molecule has 1 aliphatic rings. The number of fused-ring (bicyclic) bond motifs is 1. The van der Waals surface area contributed by atoms with Crippen molar-refractivity contribution in [3.05, 3.63) is 106 Å². The fourth-order valence-corrected chi connectivity index (χ4v) is 6.89. The summed E-state index contributed by atoms with van der Waals surface area (Å²) in [6.45, 7) is 12.7. The number of hydrogen-bond acceptors (Lipinski definition) is 5. The number of piperidine rings is 1. The molecule has 2 heterocycles. The number of halogens is 1. The number of amides is 3. The van der Waals surface area contributed by atoms with Crippen molar-refractivity contribution in [2.24, 2.45) is 11.3 Å². The summed E-state index contributed by atoms with van der Waals surface area (Å²) >= 11 is 6.09. The van der Waals surface area contributed by atoms with Crippen LogP contribution in [0.1, 0.15) is 88.0 Å². The fraction of sp³-hybridized carbons (Fsp3) is 0.390. The molecule has 1 aliphatic heterocycles. The molecule has 1 saturated heterocycles. The van der Waals surface area contributed by atoms with Gasteiger partial charge in [-0.25, -0.2) is 9.78 Å². The van der Waals surface area contributed by atoms with Gasteiger partial charge < -0.3 is 14.6 Å². The van der Waals surface area contributed by atoms with Crippen LogP contribution < -0.4 is 5.32 Å². The lowest BCUT2D eigenvalue weighted by molar-refractivity contribution is -0.128. The normalized spacial score (nSPS) is 16.3. The van der Waals surface area contributed by atoms with Gasteiger partial charge in [0.2, 0.25) is 5.95 Å². The second kappa shape index (κ2) is 16.0. The molecule has 10 nitrogen and oxygen atoms in total. The highest BCUT2D eigenvalue weighted by atomic mass is 35.5. The minimum atomic E-state index is -1.01. The van der Waals surface area contributed by atoms with Gasteiger partial charge >= 0.3 is 6.09 Å². The van der Waals surface area contributed by atoms with Gasteiger partial charge in [0, 0.05) is 29.7 Å². The van der Waals surface area contributed by atoms with E-state index in [-0.39, 0.29) is 40.8 Å². The second-order valence-corrected chi connectivity index (χ2v) is 15.4. The lowest BCUT2D eigenvalue weighted by atomic mass is 9.84. The summed E-state index contributed by atoms with van der Waals surface area (Å²) < 4.78 is 1.96. The van der Waals surface area contributed by atoms with E-state index in [0.717, 1.165) is 16.6 Å². The van der Waals surface area contributed by atoms with Gasteiger partial charge in [-0.1, -0.05) is 88.7 Å². The molecule has 3 aromatic carbocycles. The number of allylic oxidation sites excluding steroid dienone is 1. The maximum atomic E-state index is 13.6. The van der Waals surface area contributed by atoms with Crippen LogP contribution in [-0.2, 0) is 11.2 Å². The number of aromatic nitrogens is 2. The standard InChI is InChI=1S/C41H47ClN6O4/c1-26(2)21-31(24-43)38(50)46-20-10-13-33(25-46)48-35-19-16-30(23-34(35)44-39(48)45-37(49)29-14-17-32(42)18-15-29)36(22-28-11-8-7-9-12-28)47(40(51)52)27(3)41(4,5)6/h7-9,11-12,14-19,21,23,26-27,33,36H,10,13,20,22,25H2,1-6H3,(H,51,52)(H,44,45,49)/b31-21+/t27-,33?,36?/m0/s1. The van der Waals surface area contributed by atoms with Crippen LogP contribution in [-0.4, -0.2) is 61.5 Å². The van der Waals surface area contributed by atoms with Crippen LogP contribution in [0, 0.1) is 22.7 Å². The average molecular weight is 723 g/mol. The molecule has 3 amide bonds. The molecule has 1 fully saturated rings. The van der Waals surface area contributed by atoms with Gasteiger partial charge in [0.1, 0.15) is 11.6 Å². The van der Waals surface area contributed by atoms with Crippen LogP contribution in [0.4, 0.5) is 10.7 Å². The Morgan fingerprint density at radius 2 is 1.77 bits per heavy atom. The predicted molar refractivity (Wildman–Crippen MR) is 204 cm³/mol. The molecule has 3 atom stereocenters. The van der Waals surface area contributed by atoms with E-state index in [9.17, 15) is 24.8 Å². The number of likely N-dealkylation sites (tertiary alicyclic amines) is 1. The number of nitrogens with zero attached hydrogens (tertiary/aromatic N) is 5. The topological polar surface area (TPSA) is 132 Å². The Bertz CT molecular complexity index is 1990. The molecule has 2 unspecified atom stereocenters. The molecular weight excluding hydrogens is 676 g/mol. The van der Waals surface area contributed by atoms with Gasteiger partial charge in [-0.2, -0.15) is 5.26 Å². The van der Waals surface area contributed by atoms with E-state index in [1.807, 2.05) is 94.6 Å². The molecule has 52 heavy (non-hydrogen) atoms. The Morgan fingerprint density at radius 3 is 2.38 bits per heavy atom. The molecule has 1 aromatic heterocycles. The van der Waals surface area contributed by atoms with E-state index in [0.29, 0.717) is 54.4 Å². The third-order valence-corrected chi connectivity index (χ3v) is 10.1. The Balaban J connectivity index is 1.62. The number of carbonyl (C=O) groups is 3. The quantitative estimate of drug-likeness (QED) is 0.124. The number of rotatable bonds is 10. The third-order valence-electron chi connectivity index (χ3n) is 9.83. The molecule has 0 bridgehead atoms. The van der Waals surface area contributed by atoms with Crippen molar-refractivity contribution in [2.75, 3.05) is 18.4 Å². The van der Waals surface area contributed by atoms with Crippen molar-refractivity contribution in [1.82, 2.24) is 19.4 Å². The van der Waals surface area contributed by atoms with Crippen LogP contribution >= 0.6 is 11.6 Å². The largest absolute Gasteiger partial charge is 0.465 e. The summed E-state index contributed by atoms with van der Waals surface area (Å²) in [5.74, 6) is -0.344. The van der Waals surface area contributed by atoms with E-state index >= 15 is 0 Å². The SMILES string of the molecule is CC(C)/C=C(\C#N)C(=O)N1CCCC(n2c(NC(=O)c3ccc(Cl)cc3)nc3cc(C(Cc4ccccc4)N(C(=O)O)[C@@H](C)C(C)(C)C)ccc32)C1. The molecule has 0 aliphatic carbocycles. The van der Waals surface area contributed by atoms with Gasteiger partial charge in [0.15, 0.2) is 0 Å². The highest BCUT2D eigenvalue weighted by Gasteiger charge is 2.36. The highest BCUT2D eigenvalue weighted by Crippen LogP contribution is 2.37. The lowest BCUT2D eigenvalue weighted by Gasteiger charge is -2.41. The fourth-order valence-electron chi connectivity index (χ4n) is 6.77. The van der Waals surface area contributed by atoms with E-state index < -0.39 is 12.1 Å². The number of imidazole rings is 1. The Morgan fingerprint density at radius 1 is 1.08 bits per heavy atom. The molecule has 0 radical (unpaired) electrons. The second-order valence-electron chi connectivity index (χ2n) is 14.9. The predicted octanol–water partition coefficient (Wildman–Crippen LogP) is 8.91. The zero-order valence-corrected chi connectivity index (χ0v) is 31.4. The molecule has 11 heteroatoms. The molecule has 5 rings (SSSR count). The Labute approximate surface area is 310 Å². The first-order valence-corrected chi connectivity index (χ1v) is 18.1. The van der Waals surface area contributed by atoms with E-state index in [2.05, 4.69) is 11.4 Å². The summed E-state index contributed by atoms with van der Waals surface area (Å²) in [5, 5.41) is 23.9. The van der Waals surface area contributed by atoms with Crippen LogP contribution in [0.5, 0.6) is 0 Å². The number of benzene rings is 3. The van der Waals surface area contributed by atoms with Gasteiger partial charge in [0.05, 0.1) is 23.1 Å². The van der Waals surface area contributed by atoms with Crippen molar-refractivity contribution >= 4 is 46.5 Å². The van der Waals surface area contributed by atoms with Crippen molar-refractivity contribution < 1.29 is 19.5 Å². The van der Waals surface area contributed by atoms with Crippen molar-refractivity contribution in [2.45, 2.75) is 78.9 Å². The van der Waals surface area contributed by atoms with Crippen LogP contribution in [0.15, 0.2) is 84.4 Å². The first kappa shape index (κ1) is 38.1. The van der Waals surface area contributed by atoms with E-state index in [1.54, 1.807) is 35.2 Å². The summed E-state index contributed by atoms with van der Waals surface area (Å²) in [6, 6.07) is 23.1.